The standard InChI is InChI=1S/C9H17NO4/c1-9(7(10)11,8(12)13)5-3-4-6-14-2/h3-6H2,1-2H3,(H2,10,11)(H,12,13). The molecule has 0 saturated heterocycles. The van der Waals surface area contributed by atoms with Crippen LogP contribution in [0.25, 0.3) is 0 Å². The van der Waals surface area contributed by atoms with E-state index in [9.17, 15) is 9.59 Å². The van der Waals surface area contributed by atoms with Crippen LogP contribution >= 0.6 is 0 Å². The molecule has 5 nitrogen and oxygen atoms in total. The van der Waals surface area contributed by atoms with Crippen LogP contribution in [0.4, 0.5) is 0 Å². The predicted octanol–water partition coefficient (Wildman–Crippen LogP) is 0.379. The van der Waals surface area contributed by atoms with Gasteiger partial charge in [0.25, 0.3) is 0 Å². The van der Waals surface area contributed by atoms with Gasteiger partial charge in [-0.15, -0.1) is 0 Å². The normalized spacial score (nSPS) is 14.7. The smallest absolute Gasteiger partial charge is 0.318 e. The van der Waals surface area contributed by atoms with E-state index in [1.54, 1.807) is 7.11 Å². The first-order valence-corrected chi connectivity index (χ1v) is 4.47. The van der Waals surface area contributed by atoms with E-state index in [0.29, 0.717) is 13.0 Å². The van der Waals surface area contributed by atoms with Gasteiger partial charge in [0.15, 0.2) is 0 Å². The van der Waals surface area contributed by atoms with E-state index in [1.807, 2.05) is 0 Å². The van der Waals surface area contributed by atoms with Crippen molar-refractivity contribution in [3.8, 4) is 0 Å². The molecule has 0 rings (SSSR count). The summed E-state index contributed by atoms with van der Waals surface area (Å²) in [5.74, 6) is -1.95. The number of hydrogen-bond acceptors (Lipinski definition) is 3. The molecule has 1 amide bonds. The van der Waals surface area contributed by atoms with Crippen LogP contribution in [0.2, 0.25) is 0 Å². The molecule has 14 heavy (non-hydrogen) atoms. The lowest BCUT2D eigenvalue weighted by Crippen LogP contribution is -2.41. The second-order valence-corrected chi connectivity index (χ2v) is 3.45. The third kappa shape index (κ3) is 3.33. The minimum Gasteiger partial charge on any atom is -0.480 e. The summed E-state index contributed by atoms with van der Waals surface area (Å²) in [5, 5.41) is 8.83. The quantitative estimate of drug-likeness (QED) is 0.462. The van der Waals surface area contributed by atoms with Crippen molar-refractivity contribution in [2.24, 2.45) is 11.1 Å². The Labute approximate surface area is 83.2 Å². The molecule has 0 heterocycles. The molecular formula is C9H17NO4. The number of methoxy groups -OCH3 is 1. The van der Waals surface area contributed by atoms with Gasteiger partial charge in [-0.2, -0.15) is 0 Å². The van der Waals surface area contributed by atoms with Gasteiger partial charge in [0.2, 0.25) is 5.91 Å². The van der Waals surface area contributed by atoms with E-state index in [1.165, 1.54) is 6.92 Å². The van der Waals surface area contributed by atoms with Crippen LogP contribution in [0.15, 0.2) is 0 Å². The number of nitrogens with two attached hydrogens (primary N) is 1. The fourth-order valence-corrected chi connectivity index (χ4v) is 1.06. The van der Waals surface area contributed by atoms with Crippen molar-refractivity contribution in [1.82, 2.24) is 0 Å². The van der Waals surface area contributed by atoms with Crippen molar-refractivity contribution >= 4 is 11.9 Å². The van der Waals surface area contributed by atoms with Crippen LogP contribution in [0.5, 0.6) is 0 Å². The summed E-state index contributed by atoms with van der Waals surface area (Å²) in [6, 6.07) is 0. The number of aliphatic carboxylic acids is 1. The zero-order chi connectivity index (χ0) is 11.2. The first-order chi connectivity index (χ1) is 6.45. The Morgan fingerprint density at radius 2 is 2.00 bits per heavy atom. The van der Waals surface area contributed by atoms with E-state index in [2.05, 4.69) is 0 Å². The summed E-state index contributed by atoms with van der Waals surface area (Å²) in [7, 11) is 1.57. The van der Waals surface area contributed by atoms with Crippen molar-refractivity contribution in [3.63, 3.8) is 0 Å². The van der Waals surface area contributed by atoms with E-state index in [0.717, 1.165) is 6.42 Å². The molecule has 0 aliphatic rings. The van der Waals surface area contributed by atoms with Crippen LogP contribution in [0, 0.1) is 5.41 Å². The third-order valence-corrected chi connectivity index (χ3v) is 2.29. The minimum atomic E-state index is -1.45. The number of carbonyl (C=O) groups is 2. The maximum absolute atomic E-state index is 10.9. The summed E-state index contributed by atoms with van der Waals surface area (Å²) in [6.07, 6.45) is 1.59. The van der Waals surface area contributed by atoms with Gasteiger partial charge in [0, 0.05) is 13.7 Å². The highest BCUT2D eigenvalue weighted by molar-refractivity contribution is 6.00. The van der Waals surface area contributed by atoms with Gasteiger partial charge in [-0.1, -0.05) is 0 Å². The average molecular weight is 203 g/mol. The molecule has 0 aromatic carbocycles. The predicted molar refractivity (Wildman–Crippen MR) is 50.7 cm³/mol. The van der Waals surface area contributed by atoms with Crippen LogP contribution in [0.1, 0.15) is 26.2 Å². The number of rotatable bonds is 7. The molecule has 0 radical (unpaired) electrons. The Bertz CT molecular complexity index is 201. The Morgan fingerprint density at radius 1 is 1.43 bits per heavy atom. The SMILES string of the molecule is COCCCCC(C)(C(N)=O)C(=O)O. The summed E-state index contributed by atoms with van der Waals surface area (Å²) in [6.45, 7) is 1.92. The Hall–Kier alpha value is -1.10. The number of amides is 1. The number of unbranched alkanes of at least 4 members (excludes halogenated alkanes) is 1. The van der Waals surface area contributed by atoms with Crippen LogP contribution in [-0.4, -0.2) is 30.7 Å². The fraction of sp³-hybridized carbons (Fsp3) is 0.778. The highest BCUT2D eigenvalue weighted by Gasteiger charge is 2.38. The second-order valence-electron chi connectivity index (χ2n) is 3.45. The molecule has 0 aromatic heterocycles. The molecular weight excluding hydrogens is 186 g/mol. The molecule has 0 aromatic rings. The molecule has 0 saturated carbocycles. The van der Waals surface area contributed by atoms with Gasteiger partial charge >= 0.3 is 5.97 Å². The fourth-order valence-electron chi connectivity index (χ4n) is 1.06. The zero-order valence-corrected chi connectivity index (χ0v) is 8.58. The van der Waals surface area contributed by atoms with Gasteiger partial charge < -0.3 is 15.6 Å². The van der Waals surface area contributed by atoms with Crippen LogP contribution in [-0.2, 0) is 14.3 Å². The van der Waals surface area contributed by atoms with E-state index in [4.69, 9.17) is 15.6 Å². The molecule has 0 fully saturated rings. The number of carboxylic acid groups (broad SMARTS) is 1. The first-order valence-electron chi connectivity index (χ1n) is 4.47. The first kappa shape index (κ1) is 12.9. The maximum Gasteiger partial charge on any atom is 0.318 e. The lowest BCUT2D eigenvalue weighted by molar-refractivity contribution is -0.154. The van der Waals surface area contributed by atoms with Crippen molar-refractivity contribution in [2.45, 2.75) is 26.2 Å². The van der Waals surface area contributed by atoms with Gasteiger partial charge in [-0.25, -0.2) is 0 Å². The molecule has 3 N–H and O–H groups in total. The lowest BCUT2D eigenvalue weighted by atomic mass is 9.84. The van der Waals surface area contributed by atoms with Gasteiger partial charge in [0.1, 0.15) is 5.41 Å². The summed E-state index contributed by atoms with van der Waals surface area (Å²) in [4.78, 5) is 21.7. The van der Waals surface area contributed by atoms with Crippen LogP contribution in [0.3, 0.4) is 0 Å². The Kier molecular flexibility index (Phi) is 5.15. The molecule has 0 aliphatic heterocycles. The number of carbonyl (C=O) groups excluding carboxylic acids is 1. The topological polar surface area (TPSA) is 89.6 Å². The molecule has 82 valence electrons. The highest BCUT2D eigenvalue weighted by atomic mass is 16.5. The van der Waals surface area contributed by atoms with E-state index >= 15 is 0 Å². The van der Waals surface area contributed by atoms with Crippen molar-refractivity contribution in [2.75, 3.05) is 13.7 Å². The lowest BCUT2D eigenvalue weighted by Gasteiger charge is -2.20. The Morgan fingerprint density at radius 3 is 2.36 bits per heavy atom. The van der Waals surface area contributed by atoms with E-state index < -0.39 is 17.3 Å². The highest BCUT2D eigenvalue weighted by Crippen LogP contribution is 2.23. The number of hydrogen-bond donors (Lipinski definition) is 2. The molecule has 1 unspecified atom stereocenters. The third-order valence-electron chi connectivity index (χ3n) is 2.29. The van der Waals surface area contributed by atoms with Crippen molar-refractivity contribution in [1.29, 1.82) is 0 Å². The van der Waals surface area contributed by atoms with Gasteiger partial charge in [-0.3, -0.25) is 9.59 Å². The molecule has 0 spiro atoms. The minimum absolute atomic E-state index is 0.251. The Balaban J connectivity index is 4.12. The van der Waals surface area contributed by atoms with Gasteiger partial charge in [-0.05, 0) is 26.2 Å². The largest absolute Gasteiger partial charge is 0.480 e. The molecule has 0 aliphatic carbocycles. The summed E-state index contributed by atoms with van der Waals surface area (Å²) >= 11 is 0. The van der Waals surface area contributed by atoms with Crippen LogP contribution < -0.4 is 5.73 Å². The zero-order valence-electron chi connectivity index (χ0n) is 8.58. The van der Waals surface area contributed by atoms with Crippen molar-refractivity contribution < 1.29 is 19.4 Å². The molecule has 0 bridgehead atoms. The number of ether oxygens (including phenoxy) is 1. The summed E-state index contributed by atoms with van der Waals surface area (Å²) < 4.78 is 4.81. The average Bonchev–Trinajstić information content (AvgIpc) is 2.11. The molecule has 1 atom stereocenters. The van der Waals surface area contributed by atoms with Gasteiger partial charge in [0.05, 0.1) is 0 Å². The number of carboxylic acids is 1. The number of primary amides is 1. The van der Waals surface area contributed by atoms with Crippen molar-refractivity contribution in [3.05, 3.63) is 0 Å². The molecule has 5 heteroatoms. The van der Waals surface area contributed by atoms with E-state index in [-0.39, 0.29) is 6.42 Å². The maximum atomic E-state index is 10.9. The summed E-state index contributed by atoms with van der Waals surface area (Å²) in [5.41, 5.74) is 3.58. The monoisotopic (exact) mass is 203 g/mol. The second kappa shape index (κ2) is 5.59.